The highest BCUT2D eigenvalue weighted by molar-refractivity contribution is 5.74. The van der Waals surface area contributed by atoms with Crippen molar-refractivity contribution in [1.29, 1.82) is 0 Å². The maximum atomic E-state index is 15.1. The van der Waals surface area contributed by atoms with Crippen LogP contribution in [-0.4, -0.2) is 0 Å². The summed E-state index contributed by atoms with van der Waals surface area (Å²) in [6, 6.07) is 7.08. The summed E-state index contributed by atoms with van der Waals surface area (Å²) < 4.78 is 84.6. The minimum Gasteiger partial charge on any atom is -0.206 e. The summed E-state index contributed by atoms with van der Waals surface area (Å²) >= 11 is 0. The van der Waals surface area contributed by atoms with Crippen LogP contribution < -0.4 is 0 Å². The van der Waals surface area contributed by atoms with Crippen molar-refractivity contribution in [3.63, 3.8) is 0 Å². The van der Waals surface area contributed by atoms with Gasteiger partial charge in [0.1, 0.15) is 17.5 Å². The molecule has 0 nitrogen and oxygen atoms in total. The van der Waals surface area contributed by atoms with Gasteiger partial charge in [-0.1, -0.05) is 25.1 Å². The molecular weight excluding hydrogens is 402 g/mol. The highest BCUT2D eigenvalue weighted by Gasteiger charge is 2.25. The number of hydrogen-bond acceptors (Lipinski definition) is 0. The second-order valence-electron chi connectivity index (χ2n) is 7.22. The van der Waals surface area contributed by atoms with Gasteiger partial charge in [-0.25, -0.2) is 26.3 Å². The Morgan fingerprint density at radius 2 is 1.47 bits per heavy atom. The molecule has 0 saturated carbocycles. The first-order chi connectivity index (χ1) is 14.3. The third-order valence-corrected chi connectivity index (χ3v) is 5.41. The van der Waals surface area contributed by atoms with Gasteiger partial charge in [-0.2, -0.15) is 0 Å². The molecule has 1 aliphatic rings. The molecule has 0 fully saturated rings. The van der Waals surface area contributed by atoms with Crippen LogP contribution in [0.5, 0.6) is 0 Å². The van der Waals surface area contributed by atoms with Crippen LogP contribution in [0.1, 0.15) is 29.2 Å². The largest absolute Gasteiger partial charge is 0.206 e. The standard InChI is InChI=1S/C24H16F6/c1-2-12-3-5-16(18(25)7-12)13-4-6-17-14(8-13)9-19(26)22(23(17)29)15-10-20(27)24(30)21(28)11-15/h3-5,7,9-11H,2,6,8H2,1H3. The third kappa shape index (κ3) is 3.40. The van der Waals surface area contributed by atoms with Crippen molar-refractivity contribution < 1.29 is 26.3 Å². The molecule has 30 heavy (non-hydrogen) atoms. The molecule has 0 spiro atoms. The van der Waals surface area contributed by atoms with Crippen molar-refractivity contribution in [1.82, 2.24) is 0 Å². The predicted molar refractivity (Wildman–Crippen MR) is 103 cm³/mol. The average molecular weight is 418 g/mol. The molecule has 6 heteroatoms. The topological polar surface area (TPSA) is 0 Å². The first kappa shape index (κ1) is 20.3. The van der Waals surface area contributed by atoms with Crippen LogP contribution in [0, 0.1) is 34.9 Å². The number of fused-ring (bicyclic) bond motifs is 1. The van der Waals surface area contributed by atoms with Crippen molar-refractivity contribution in [2.75, 3.05) is 0 Å². The fourth-order valence-electron chi connectivity index (χ4n) is 3.80. The van der Waals surface area contributed by atoms with Gasteiger partial charge in [0, 0.05) is 5.56 Å². The predicted octanol–water partition coefficient (Wildman–Crippen LogP) is 6.93. The Balaban J connectivity index is 1.76. The average Bonchev–Trinajstić information content (AvgIpc) is 2.71. The van der Waals surface area contributed by atoms with Crippen LogP contribution in [0.3, 0.4) is 0 Å². The van der Waals surface area contributed by atoms with Crippen LogP contribution >= 0.6 is 0 Å². The van der Waals surface area contributed by atoms with E-state index in [0.29, 0.717) is 35.3 Å². The van der Waals surface area contributed by atoms with E-state index in [9.17, 15) is 22.0 Å². The number of hydrogen-bond donors (Lipinski definition) is 0. The Bertz CT molecular complexity index is 1170. The van der Waals surface area contributed by atoms with Gasteiger partial charge in [0.15, 0.2) is 17.5 Å². The monoisotopic (exact) mass is 418 g/mol. The van der Waals surface area contributed by atoms with E-state index in [1.807, 2.05) is 6.92 Å². The zero-order valence-electron chi connectivity index (χ0n) is 15.9. The molecule has 1 aliphatic carbocycles. The number of rotatable bonds is 3. The SMILES string of the molecule is CCc1ccc(C2=CCc3c(cc(F)c(-c4cc(F)c(F)c(F)c4)c3F)C2)c(F)c1. The molecule has 0 radical (unpaired) electrons. The van der Waals surface area contributed by atoms with Crippen LogP contribution in [0.4, 0.5) is 26.3 Å². The lowest BCUT2D eigenvalue weighted by molar-refractivity contribution is 0.447. The Hall–Kier alpha value is -3.02. The van der Waals surface area contributed by atoms with E-state index >= 15 is 4.39 Å². The van der Waals surface area contributed by atoms with Gasteiger partial charge < -0.3 is 0 Å². The molecule has 0 saturated heterocycles. The zero-order chi connectivity index (χ0) is 21.6. The van der Waals surface area contributed by atoms with Gasteiger partial charge in [0.2, 0.25) is 0 Å². The van der Waals surface area contributed by atoms with E-state index in [1.165, 1.54) is 6.07 Å². The number of halogens is 6. The maximum absolute atomic E-state index is 15.1. The van der Waals surface area contributed by atoms with Gasteiger partial charge in [0.05, 0.1) is 5.56 Å². The molecule has 0 heterocycles. The lowest BCUT2D eigenvalue weighted by Crippen LogP contribution is -2.09. The lowest BCUT2D eigenvalue weighted by Gasteiger charge is -2.21. The van der Waals surface area contributed by atoms with Crippen molar-refractivity contribution in [3.8, 4) is 11.1 Å². The molecular formula is C24H16F6. The first-order valence-electron chi connectivity index (χ1n) is 9.42. The van der Waals surface area contributed by atoms with Gasteiger partial charge in [-0.3, -0.25) is 0 Å². The fourth-order valence-corrected chi connectivity index (χ4v) is 3.80. The van der Waals surface area contributed by atoms with E-state index in [4.69, 9.17) is 0 Å². The van der Waals surface area contributed by atoms with Gasteiger partial charge in [-0.05, 0) is 71.4 Å². The fraction of sp³-hybridized carbons (Fsp3) is 0.167. The summed E-state index contributed by atoms with van der Waals surface area (Å²) in [5.74, 6) is -7.17. The Kier molecular flexibility index (Phi) is 5.18. The minimum absolute atomic E-state index is 0.0604. The van der Waals surface area contributed by atoms with E-state index < -0.39 is 46.0 Å². The summed E-state index contributed by atoms with van der Waals surface area (Å²) in [6.07, 6.45) is 2.51. The third-order valence-electron chi connectivity index (χ3n) is 5.41. The first-order valence-corrected chi connectivity index (χ1v) is 9.42. The number of benzene rings is 3. The molecule has 0 unspecified atom stereocenters. The molecule has 0 N–H and O–H groups in total. The minimum atomic E-state index is -1.71. The lowest BCUT2D eigenvalue weighted by atomic mass is 9.85. The van der Waals surface area contributed by atoms with E-state index in [2.05, 4.69) is 0 Å². The molecule has 3 aromatic rings. The van der Waals surface area contributed by atoms with Gasteiger partial charge >= 0.3 is 0 Å². The molecule has 154 valence electrons. The summed E-state index contributed by atoms with van der Waals surface area (Å²) in [5.41, 5.74) is 1.24. The van der Waals surface area contributed by atoms with E-state index in [-0.39, 0.29) is 18.4 Å². The van der Waals surface area contributed by atoms with E-state index in [1.54, 1.807) is 18.2 Å². The van der Waals surface area contributed by atoms with Crippen LogP contribution in [-0.2, 0) is 19.3 Å². The molecule has 4 rings (SSSR count). The quantitative estimate of drug-likeness (QED) is 0.320. The number of allylic oxidation sites excluding steroid dienone is 2. The Labute approximate surface area is 169 Å². The van der Waals surface area contributed by atoms with Crippen molar-refractivity contribution >= 4 is 5.57 Å². The summed E-state index contributed by atoms with van der Waals surface area (Å²) in [4.78, 5) is 0. The molecule has 0 aliphatic heterocycles. The van der Waals surface area contributed by atoms with Crippen LogP contribution in [0.25, 0.3) is 16.7 Å². The van der Waals surface area contributed by atoms with Crippen molar-refractivity contribution in [3.05, 3.63) is 99.6 Å². The molecule has 0 amide bonds. The summed E-state index contributed by atoms with van der Waals surface area (Å²) in [5, 5.41) is 0. The normalized spacial score (nSPS) is 13.2. The maximum Gasteiger partial charge on any atom is 0.194 e. The second kappa shape index (κ2) is 7.67. The Morgan fingerprint density at radius 3 is 2.10 bits per heavy atom. The van der Waals surface area contributed by atoms with Crippen LogP contribution in [0.2, 0.25) is 0 Å². The van der Waals surface area contributed by atoms with Crippen molar-refractivity contribution in [2.24, 2.45) is 0 Å². The second-order valence-corrected chi connectivity index (χ2v) is 7.22. The molecule has 0 atom stereocenters. The molecule has 0 bridgehead atoms. The Morgan fingerprint density at radius 1 is 0.767 bits per heavy atom. The number of aryl methyl sites for hydroxylation is 1. The molecule has 3 aromatic carbocycles. The van der Waals surface area contributed by atoms with Crippen molar-refractivity contribution in [2.45, 2.75) is 26.2 Å². The molecule has 0 aromatic heterocycles. The highest BCUT2D eigenvalue weighted by Crippen LogP contribution is 2.37. The summed E-state index contributed by atoms with van der Waals surface area (Å²) in [6.45, 7) is 1.91. The van der Waals surface area contributed by atoms with Gasteiger partial charge in [-0.15, -0.1) is 0 Å². The van der Waals surface area contributed by atoms with Crippen LogP contribution in [0.15, 0.2) is 42.5 Å². The summed E-state index contributed by atoms with van der Waals surface area (Å²) in [7, 11) is 0. The highest BCUT2D eigenvalue weighted by atomic mass is 19.2. The van der Waals surface area contributed by atoms with E-state index in [0.717, 1.165) is 11.6 Å². The smallest absolute Gasteiger partial charge is 0.194 e. The van der Waals surface area contributed by atoms with Gasteiger partial charge in [0.25, 0.3) is 0 Å². The zero-order valence-corrected chi connectivity index (χ0v) is 15.9.